The quantitative estimate of drug-likeness (QED) is 0.363. The molecule has 2 heterocycles. The fraction of sp³-hybridized carbons (Fsp3) is 0.381. The Morgan fingerprint density at radius 1 is 1.22 bits per heavy atom. The van der Waals surface area contributed by atoms with Crippen molar-refractivity contribution >= 4 is 17.8 Å². The van der Waals surface area contributed by atoms with Crippen LogP contribution in [-0.4, -0.2) is 56.3 Å². The molecule has 1 aliphatic heterocycles. The summed E-state index contributed by atoms with van der Waals surface area (Å²) in [6.45, 7) is 2.00. The Balaban J connectivity index is 0.000000572. The van der Waals surface area contributed by atoms with Gasteiger partial charge in [-0.3, -0.25) is 19.0 Å². The van der Waals surface area contributed by atoms with Crippen LogP contribution in [0.15, 0.2) is 29.1 Å². The van der Waals surface area contributed by atoms with Gasteiger partial charge in [-0.05, 0) is 24.1 Å². The monoisotopic (exact) mass is 517 g/mol. The maximum atomic E-state index is 13.0. The van der Waals surface area contributed by atoms with Gasteiger partial charge in [0.15, 0.2) is 5.69 Å². The van der Waals surface area contributed by atoms with Gasteiger partial charge < -0.3 is 26.2 Å². The molecule has 0 radical (unpaired) electrons. The first-order valence-electron chi connectivity index (χ1n) is 10.3. The Labute approximate surface area is 201 Å². The van der Waals surface area contributed by atoms with E-state index >= 15 is 0 Å². The summed E-state index contributed by atoms with van der Waals surface area (Å²) >= 11 is 0. The van der Waals surface area contributed by atoms with Gasteiger partial charge in [0.1, 0.15) is 11.6 Å². The Kier molecular flexibility index (Phi) is 9.11. The number of hydrogen-bond donors (Lipinski definition) is 5. The van der Waals surface area contributed by atoms with Gasteiger partial charge >= 0.3 is 12.1 Å². The van der Waals surface area contributed by atoms with Crippen LogP contribution in [0.4, 0.5) is 17.6 Å². The number of aromatic nitrogens is 2. The summed E-state index contributed by atoms with van der Waals surface area (Å²) in [7, 11) is 1.46. The van der Waals surface area contributed by atoms with Crippen molar-refractivity contribution in [2.75, 3.05) is 6.54 Å². The maximum Gasteiger partial charge on any atom is 0.490 e. The largest absolute Gasteiger partial charge is 0.501 e. The first-order valence-corrected chi connectivity index (χ1v) is 10.3. The number of carboxylic acids is 1. The van der Waals surface area contributed by atoms with Gasteiger partial charge in [0.05, 0.1) is 6.04 Å². The summed E-state index contributed by atoms with van der Waals surface area (Å²) in [4.78, 5) is 49.3. The molecule has 2 atom stereocenters. The van der Waals surface area contributed by atoms with Crippen LogP contribution in [0.1, 0.15) is 41.3 Å². The molecular formula is C21H23F4N5O6. The number of nitrogens with zero attached hydrogens (tertiary/aromatic N) is 2. The lowest BCUT2D eigenvalue weighted by Gasteiger charge is -2.16. The molecule has 1 aliphatic rings. The molecule has 0 aliphatic carbocycles. The minimum Gasteiger partial charge on any atom is -0.501 e. The van der Waals surface area contributed by atoms with Crippen molar-refractivity contribution in [1.82, 2.24) is 25.5 Å². The van der Waals surface area contributed by atoms with Crippen molar-refractivity contribution < 1.29 is 42.2 Å². The summed E-state index contributed by atoms with van der Waals surface area (Å²) in [5.41, 5.74) is -0.472. The van der Waals surface area contributed by atoms with Crippen LogP contribution >= 0.6 is 0 Å². The normalized spacial score (nSPS) is 17.1. The summed E-state index contributed by atoms with van der Waals surface area (Å²) < 4.78 is 45.9. The number of carbonyl (C=O) groups excluding carboxylic acids is 2. The molecule has 1 fully saturated rings. The van der Waals surface area contributed by atoms with E-state index in [9.17, 15) is 37.1 Å². The number of carboxylic acid groups (broad SMARTS) is 1. The molecule has 36 heavy (non-hydrogen) atoms. The molecule has 1 aromatic heterocycles. The smallest absolute Gasteiger partial charge is 0.490 e. The molecule has 2 aromatic rings. The third-order valence-corrected chi connectivity index (χ3v) is 4.98. The summed E-state index contributed by atoms with van der Waals surface area (Å²) in [6, 6.07) is 5.08. The molecule has 1 aromatic carbocycles. The standard InChI is InChI=1S/C19H22FN5O4.C2HF3O2/c1-10(26)23-13-7-14(21-9-13)17-24-15(16(27)19(29)25(17)2)18(28)22-8-11-3-5-12(20)6-4-11;3-2(4,5)1(6)7/h3-6,13-14,21,27H,7-9H2,1-2H3,(H,22,28)(H,23,26);(H,6,7)/t13-,14-;/m0./s1. The van der Waals surface area contributed by atoms with Crippen LogP contribution in [0, 0.1) is 5.82 Å². The maximum absolute atomic E-state index is 13.0. The van der Waals surface area contributed by atoms with Gasteiger partial charge in [0.2, 0.25) is 11.7 Å². The SMILES string of the molecule is CC(=O)N[C@@H]1CN[C@H](c2nc(C(=O)NCc3ccc(F)cc3)c(O)c(=O)n2C)C1.O=C(O)C(F)(F)F. The number of aromatic hydroxyl groups is 1. The molecule has 0 unspecified atom stereocenters. The predicted molar refractivity (Wildman–Crippen MR) is 115 cm³/mol. The van der Waals surface area contributed by atoms with E-state index < -0.39 is 35.2 Å². The van der Waals surface area contributed by atoms with Gasteiger partial charge in [-0.2, -0.15) is 13.2 Å². The second-order valence-corrected chi connectivity index (χ2v) is 7.74. The zero-order chi connectivity index (χ0) is 27.2. The lowest BCUT2D eigenvalue weighted by molar-refractivity contribution is -0.192. The fourth-order valence-corrected chi connectivity index (χ4v) is 3.27. The number of alkyl halides is 3. The Bertz CT molecular complexity index is 1180. The lowest BCUT2D eigenvalue weighted by atomic mass is 10.1. The number of benzene rings is 1. The number of amides is 2. The van der Waals surface area contributed by atoms with Gasteiger partial charge in [0, 0.05) is 33.1 Å². The molecular weight excluding hydrogens is 494 g/mol. The van der Waals surface area contributed by atoms with Gasteiger partial charge in [-0.15, -0.1) is 0 Å². The first-order chi connectivity index (χ1) is 16.7. The van der Waals surface area contributed by atoms with Gasteiger partial charge in [-0.25, -0.2) is 14.2 Å². The highest BCUT2D eigenvalue weighted by atomic mass is 19.4. The van der Waals surface area contributed by atoms with Crippen LogP contribution in [0.3, 0.4) is 0 Å². The summed E-state index contributed by atoms with van der Waals surface area (Å²) in [5.74, 6) is -4.49. The van der Waals surface area contributed by atoms with Crippen molar-refractivity contribution in [3.8, 4) is 5.75 Å². The fourth-order valence-electron chi connectivity index (χ4n) is 3.27. The molecule has 3 rings (SSSR count). The van der Waals surface area contributed by atoms with Crippen molar-refractivity contribution in [1.29, 1.82) is 0 Å². The van der Waals surface area contributed by atoms with Crippen molar-refractivity contribution in [2.24, 2.45) is 7.05 Å². The van der Waals surface area contributed by atoms with Crippen LogP contribution in [0.25, 0.3) is 0 Å². The molecule has 0 bridgehead atoms. The van der Waals surface area contributed by atoms with Gasteiger partial charge in [0.25, 0.3) is 11.5 Å². The summed E-state index contributed by atoms with van der Waals surface area (Å²) in [6.07, 6.45) is -4.60. The molecule has 0 saturated carbocycles. The van der Waals surface area contributed by atoms with E-state index in [1.807, 2.05) is 0 Å². The Morgan fingerprint density at radius 2 is 1.81 bits per heavy atom. The second-order valence-electron chi connectivity index (χ2n) is 7.74. The zero-order valence-corrected chi connectivity index (χ0v) is 19.0. The third-order valence-electron chi connectivity index (χ3n) is 4.98. The Hall–Kier alpha value is -4.01. The lowest BCUT2D eigenvalue weighted by Crippen LogP contribution is -2.34. The van der Waals surface area contributed by atoms with E-state index in [0.29, 0.717) is 18.5 Å². The van der Waals surface area contributed by atoms with E-state index in [4.69, 9.17) is 9.90 Å². The average molecular weight is 517 g/mol. The number of halogens is 4. The van der Waals surface area contributed by atoms with Crippen LogP contribution in [0.5, 0.6) is 5.75 Å². The van der Waals surface area contributed by atoms with Gasteiger partial charge in [-0.1, -0.05) is 12.1 Å². The number of hydrogen-bond acceptors (Lipinski definition) is 7. The van der Waals surface area contributed by atoms with E-state index in [1.165, 1.54) is 42.8 Å². The highest BCUT2D eigenvalue weighted by Gasteiger charge is 2.38. The minimum absolute atomic E-state index is 0.0804. The van der Waals surface area contributed by atoms with Crippen LogP contribution in [0.2, 0.25) is 0 Å². The van der Waals surface area contributed by atoms with Crippen molar-refractivity contribution in [2.45, 2.75) is 38.1 Å². The minimum atomic E-state index is -5.08. The van der Waals surface area contributed by atoms with E-state index in [-0.39, 0.29) is 36.1 Å². The number of nitrogens with one attached hydrogen (secondary N) is 3. The van der Waals surface area contributed by atoms with E-state index in [1.54, 1.807) is 0 Å². The molecule has 196 valence electrons. The molecule has 15 heteroatoms. The molecule has 0 spiro atoms. The third kappa shape index (κ3) is 7.49. The highest BCUT2D eigenvalue weighted by Crippen LogP contribution is 2.23. The van der Waals surface area contributed by atoms with Crippen LogP contribution in [-0.2, 0) is 23.2 Å². The molecule has 11 nitrogen and oxygen atoms in total. The van der Waals surface area contributed by atoms with Crippen LogP contribution < -0.4 is 21.5 Å². The summed E-state index contributed by atoms with van der Waals surface area (Å²) in [5, 5.41) is 25.8. The number of rotatable bonds is 5. The zero-order valence-electron chi connectivity index (χ0n) is 19.0. The van der Waals surface area contributed by atoms with Crippen molar-refractivity contribution in [3.63, 3.8) is 0 Å². The highest BCUT2D eigenvalue weighted by molar-refractivity contribution is 5.94. The van der Waals surface area contributed by atoms with E-state index in [2.05, 4.69) is 20.9 Å². The second kappa shape index (κ2) is 11.6. The first kappa shape index (κ1) is 28.2. The topological polar surface area (TPSA) is 163 Å². The van der Waals surface area contributed by atoms with Crippen molar-refractivity contribution in [3.05, 3.63) is 57.5 Å². The predicted octanol–water partition coefficient (Wildman–Crippen LogP) is 0.727. The molecule has 2 amide bonds. The average Bonchev–Trinajstić information content (AvgIpc) is 3.24. The number of aliphatic carboxylic acids is 1. The molecule has 1 saturated heterocycles. The Morgan fingerprint density at radius 3 is 2.33 bits per heavy atom. The van der Waals surface area contributed by atoms with E-state index in [0.717, 1.165) is 0 Å². The molecule has 5 N–H and O–H groups in total. The number of carbonyl (C=O) groups is 3.